The summed E-state index contributed by atoms with van der Waals surface area (Å²) in [5.41, 5.74) is 1.62. The van der Waals surface area contributed by atoms with Crippen molar-refractivity contribution in [3.63, 3.8) is 0 Å². The zero-order chi connectivity index (χ0) is 13.4. The summed E-state index contributed by atoms with van der Waals surface area (Å²) in [4.78, 5) is 4.78. The van der Waals surface area contributed by atoms with Gasteiger partial charge in [-0.2, -0.15) is 5.10 Å². The molecule has 5 heteroatoms. The minimum atomic E-state index is -0.261. The van der Waals surface area contributed by atoms with Gasteiger partial charge in [-0.1, -0.05) is 0 Å². The fraction of sp³-hybridized carbons (Fsp3) is 0.500. The van der Waals surface area contributed by atoms with Crippen LogP contribution in [0.3, 0.4) is 0 Å². The van der Waals surface area contributed by atoms with E-state index in [0.717, 1.165) is 31.9 Å². The minimum absolute atomic E-state index is 0.261. The molecule has 2 aromatic rings. The highest BCUT2D eigenvalue weighted by Gasteiger charge is 2.19. The van der Waals surface area contributed by atoms with Crippen molar-refractivity contribution >= 4 is 11.2 Å². The maximum Gasteiger partial charge on any atom is 0.168 e. The van der Waals surface area contributed by atoms with E-state index in [9.17, 15) is 4.39 Å². The van der Waals surface area contributed by atoms with Gasteiger partial charge in [0.1, 0.15) is 5.52 Å². The molecule has 1 aliphatic heterocycles. The van der Waals surface area contributed by atoms with Crippen LogP contribution >= 0.6 is 0 Å². The van der Waals surface area contributed by atoms with Gasteiger partial charge in [-0.15, -0.1) is 0 Å². The molecule has 0 aromatic carbocycles. The van der Waals surface area contributed by atoms with Gasteiger partial charge in [-0.05, 0) is 26.0 Å². The standard InChI is InChI=1S/C14H19FN4/c1-11(2)17-5-7-18(8-6-17)12-3-4-19-14(9-12)13(15)10-16-19/h3-4,9-11H,5-8H2,1-2H3. The zero-order valence-corrected chi connectivity index (χ0v) is 11.4. The van der Waals surface area contributed by atoms with E-state index >= 15 is 0 Å². The normalized spacial score (nSPS) is 17.6. The molecule has 0 radical (unpaired) electrons. The Hall–Kier alpha value is -1.62. The molecule has 19 heavy (non-hydrogen) atoms. The van der Waals surface area contributed by atoms with Crippen LogP contribution < -0.4 is 4.90 Å². The fourth-order valence-corrected chi connectivity index (χ4v) is 2.63. The van der Waals surface area contributed by atoms with Crippen LogP contribution in [0.4, 0.5) is 10.1 Å². The molecule has 3 heterocycles. The topological polar surface area (TPSA) is 23.8 Å². The summed E-state index contributed by atoms with van der Waals surface area (Å²) in [5.74, 6) is -0.261. The Morgan fingerprint density at radius 1 is 1.21 bits per heavy atom. The third-order valence-electron chi connectivity index (χ3n) is 3.87. The summed E-state index contributed by atoms with van der Waals surface area (Å²) in [6, 6.07) is 4.48. The second kappa shape index (κ2) is 4.81. The molecule has 102 valence electrons. The number of nitrogens with zero attached hydrogens (tertiary/aromatic N) is 4. The monoisotopic (exact) mass is 262 g/mol. The van der Waals surface area contributed by atoms with E-state index in [4.69, 9.17) is 0 Å². The molecule has 0 N–H and O–H groups in total. The lowest BCUT2D eigenvalue weighted by Crippen LogP contribution is -2.48. The van der Waals surface area contributed by atoms with Crippen molar-refractivity contribution in [1.29, 1.82) is 0 Å². The molecule has 0 saturated carbocycles. The Morgan fingerprint density at radius 2 is 1.95 bits per heavy atom. The predicted molar refractivity (Wildman–Crippen MR) is 74.1 cm³/mol. The predicted octanol–water partition coefficient (Wildman–Crippen LogP) is 2.00. The van der Waals surface area contributed by atoms with Crippen molar-refractivity contribution in [2.45, 2.75) is 19.9 Å². The van der Waals surface area contributed by atoms with Gasteiger partial charge in [0.15, 0.2) is 5.82 Å². The second-order valence-corrected chi connectivity index (χ2v) is 5.32. The molecular weight excluding hydrogens is 243 g/mol. The van der Waals surface area contributed by atoms with Crippen molar-refractivity contribution in [2.75, 3.05) is 31.1 Å². The highest BCUT2D eigenvalue weighted by atomic mass is 19.1. The van der Waals surface area contributed by atoms with Gasteiger partial charge in [0, 0.05) is 44.1 Å². The van der Waals surface area contributed by atoms with Crippen LogP contribution in [0.1, 0.15) is 13.8 Å². The molecular formula is C14H19FN4. The SMILES string of the molecule is CC(C)N1CCN(c2ccn3ncc(F)c3c2)CC1. The maximum atomic E-state index is 13.6. The molecule has 4 nitrogen and oxygen atoms in total. The molecule has 0 unspecified atom stereocenters. The fourth-order valence-electron chi connectivity index (χ4n) is 2.63. The summed E-state index contributed by atoms with van der Waals surface area (Å²) in [6.45, 7) is 8.55. The Labute approximate surface area is 112 Å². The Bertz CT molecular complexity index is 570. The van der Waals surface area contributed by atoms with Gasteiger partial charge < -0.3 is 4.90 Å². The highest BCUT2D eigenvalue weighted by Crippen LogP contribution is 2.20. The number of halogens is 1. The Morgan fingerprint density at radius 3 is 2.63 bits per heavy atom. The van der Waals surface area contributed by atoms with Crippen molar-refractivity contribution in [2.24, 2.45) is 0 Å². The second-order valence-electron chi connectivity index (χ2n) is 5.32. The summed E-state index contributed by atoms with van der Waals surface area (Å²) >= 11 is 0. The van der Waals surface area contributed by atoms with Crippen LogP contribution in [-0.4, -0.2) is 46.7 Å². The van der Waals surface area contributed by atoms with E-state index in [1.807, 2.05) is 18.3 Å². The van der Waals surface area contributed by atoms with Gasteiger partial charge >= 0.3 is 0 Å². The minimum Gasteiger partial charge on any atom is -0.369 e. The summed E-state index contributed by atoms with van der Waals surface area (Å²) < 4.78 is 15.1. The lowest BCUT2D eigenvalue weighted by molar-refractivity contribution is 0.209. The number of piperazine rings is 1. The maximum absolute atomic E-state index is 13.6. The van der Waals surface area contributed by atoms with E-state index in [0.29, 0.717) is 11.6 Å². The lowest BCUT2D eigenvalue weighted by Gasteiger charge is -2.38. The van der Waals surface area contributed by atoms with Gasteiger partial charge in [0.2, 0.25) is 0 Å². The Kier molecular flexibility index (Phi) is 3.14. The number of pyridine rings is 1. The van der Waals surface area contributed by atoms with Crippen LogP contribution in [0, 0.1) is 5.82 Å². The molecule has 1 aliphatic rings. The van der Waals surface area contributed by atoms with Gasteiger partial charge in [-0.25, -0.2) is 8.91 Å². The smallest absolute Gasteiger partial charge is 0.168 e. The van der Waals surface area contributed by atoms with Crippen LogP contribution in [0.15, 0.2) is 24.5 Å². The first-order valence-corrected chi connectivity index (χ1v) is 6.77. The zero-order valence-electron chi connectivity index (χ0n) is 11.4. The molecule has 0 bridgehead atoms. The average Bonchev–Trinajstić information content (AvgIpc) is 2.80. The van der Waals surface area contributed by atoms with Gasteiger partial charge in [0.25, 0.3) is 0 Å². The number of hydrogen-bond donors (Lipinski definition) is 0. The summed E-state index contributed by atoms with van der Waals surface area (Å²) in [6.07, 6.45) is 3.08. The van der Waals surface area contributed by atoms with E-state index in [1.54, 1.807) is 4.52 Å². The van der Waals surface area contributed by atoms with Crippen molar-refractivity contribution in [3.8, 4) is 0 Å². The largest absolute Gasteiger partial charge is 0.369 e. The first-order valence-electron chi connectivity index (χ1n) is 6.77. The third kappa shape index (κ3) is 2.30. The highest BCUT2D eigenvalue weighted by molar-refractivity contribution is 5.60. The third-order valence-corrected chi connectivity index (χ3v) is 3.87. The van der Waals surface area contributed by atoms with Gasteiger partial charge in [-0.3, -0.25) is 4.90 Å². The molecule has 1 saturated heterocycles. The number of rotatable bonds is 2. The summed E-state index contributed by atoms with van der Waals surface area (Å²) in [5, 5.41) is 3.95. The quantitative estimate of drug-likeness (QED) is 0.827. The van der Waals surface area contributed by atoms with E-state index < -0.39 is 0 Å². The van der Waals surface area contributed by atoms with Crippen LogP contribution in [0.2, 0.25) is 0 Å². The lowest BCUT2D eigenvalue weighted by atomic mass is 10.2. The number of fused-ring (bicyclic) bond motifs is 1. The van der Waals surface area contributed by atoms with E-state index in [-0.39, 0.29) is 5.82 Å². The molecule has 0 aliphatic carbocycles. The van der Waals surface area contributed by atoms with Crippen molar-refractivity contribution < 1.29 is 4.39 Å². The molecule has 0 spiro atoms. The van der Waals surface area contributed by atoms with Crippen LogP contribution in [0.25, 0.3) is 5.52 Å². The first-order chi connectivity index (χ1) is 9.15. The first kappa shape index (κ1) is 12.4. The van der Waals surface area contributed by atoms with E-state index in [2.05, 4.69) is 28.7 Å². The van der Waals surface area contributed by atoms with Gasteiger partial charge in [0.05, 0.1) is 6.20 Å². The Balaban J connectivity index is 1.79. The molecule has 0 amide bonds. The molecule has 3 rings (SSSR count). The average molecular weight is 262 g/mol. The van der Waals surface area contributed by atoms with Crippen molar-refractivity contribution in [1.82, 2.24) is 14.5 Å². The summed E-state index contributed by atoms with van der Waals surface area (Å²) in [7, 11) is 0. The number of anilines is 1. The molecule has 2 aromatic heterocycles. The van der Waals surface area contributed by atoms with E-state index in [1.165, 1.54) is 6.20 Å². The number of hydrogen-bond acceptors (Lipinski definition) is 3. The molecule has 1 fully saturated rings. The number of aromatic nitrogens is 2. The molecule has 0 atom stereocenters. The van der Waals surface area contributed by atoms with Crippen LogP contribution in [-0.2, 0) is 0 Å². The van der Waals surface area contributed by atoms with Crippen LogP contribution in [0.5, 0.6) is 0 Å². The van der Waals surface area contributed by atoms with Crippen molar-refractivity contribution in [3.05, 3.63) is 30.3 Å².